The molecule has 0 amide bonds. The lowest BCUT2D eigenvalue weighted by atomic mass is 9.99. The van der Waals surface area contributed by atoms with Crippen LogP contribution in [-0.4, -0.2) is 30.4 Å². The van der Waals surface area contributed by atoms with Crippen molar-refractivity contribution in [1.82, 2.24) is 5.32 Å². The van der Waals surface area contributed by atoms with Crippen LogP contribution < -0.4 is 5.32 Å². The first-order chi connectivity index (χ1) is 8.62. The maximum absolute atomic E-state index is 12.0. The molecule has 3 nitrogen and oxygen atoms in total. The van der Waals surface area contributed by atoms with E-state index < -0.39 is 5.54 Å². The van der Waals surface area contributed by atoms with Gasteiger partial charge in [0.1, 0.15) is 5.54 Å². The van der Waals surface area contributed by atoms with Crippen LogP contribution in [0, 0.1) is 0 Å². The van der Waals surface area contributed by atoms with Gasteiger partial charge in [-0.1, -0.05) is 13.0 Å². The first-order valence-corrected chi connectivity index (χ1v) is 8.07. The molecule has 0 radical (unpaired) electrons. The molecule has 1 N–H and O–H groups in total. The fourth-order valence-electron chi connectivity index (χ4n) is 1.64. The molecule has 0 aliphatic heterocycles. The normalized spacial score (nSPS) is 14.2. The maximum atomic E-state index is 12.0. The molecular weight excluding hydrogens is 266 g/mol. The summed E-state index contributed by atoms with van der Waals surface area (Å²) in [6, 6.07) is 4.14. The van der Waals surface area contributed by atoms with Crippen LogP contribution >= 0.6 is 23.1 Å². The van der Waals surface area contributed by atoms with Crippen LogP contribution in [0.25, 0.3) is 0 Å². The van der Waals surface area contributed by atoms with E-state index in [1.807, 2.05) is 26.8 Å². The number of esters is 1. The van der Waals surface area contributed by atoms with Crippen molar-refractivity contribution in [3.8, 4) is 0 Å². The van der Waals surface area contributed by atoms with E-state index in [2.05, 4.69) is 16.8 Å². The summed E-state index contributed by atoms with van der Waals surface area (Å²) >= 11 is 3.52. The van der Waals surface area contributed by atoms with Crippen molar-refractivity contribution >= 4 is 29.1 Å². The third-order valence-corrected chi connectivity index (χ3v) is 4.77. The van der Waals surface area contributed by atoms with Crippen LogP contribution in [0.4, 0.5) is 0 Å². The summed E-state index contributed by atoms with van der Waals surface area (Å²) in [5.74, 6) is 0.752. The van der Waals surface area contributed by atoms with Gasteiger partial charge >= 0.3 is 5.97 Å². The fourth-order valence-corrected chi connectivity index (χ4v) is 3.67. The number of thioether (sulfide) groups is 1. The molecule has 0 saturated carbocycles. The van der Waals surface area contributed by atoms with Crippen molar-refractivity contribution < 1.29 is 9.53 Å². The van der Waals surface area contributed by atoms with Crippen LogP contribution in [0.15, 0.2) is 21.7 Å². The molecule has 1 rings (SSSR count). The Bertz CT molecular complexity index is 354. The van der Waals surface area contributed by atoms with E-state index in [0.717, 1.165) is 18.7 Å². The van der Waals surface area contributed by atoms with E-state index in [4.69, 9.17) is 4.74 Å². The second-order valence-corrected chi connectivity index (χ2v) is 6.46. The Morgan fingerprint density at radius 1 is 1.56 bits per heavy atom. The molecule has 0 aliphatic carbocycles. The first kappa shape index (κ1) is 15.5. The molecule has 1 aromatic rings. The minimum atomic E-state index is -0.574. The number of thiophene rings is 1. The molecule has 1 aromatic heterocycles. The zero-order valence-corrected chi connectivity index (χ0v) is 12.8. The quantitative estimate of drug-likeness (QED) is 0.589. The highest BCUT2D eigenvalue weighted by Crippen LogP contribution is 2.26. The van der Waals surface area contributed by atoms with Crippen molar-refractivity contribution in [1.29, 1.82) is 0 Å². The van der Waals surface area contributed by atoms with Gasteiger partial charge in [0, 0.05) is 5.75 Å². The third-order valence-electron chi connectivity index (χ3n) is 2.63. The number of carbonyl (C=O) groups excluding carboxylic acids is 1. The molecule has 0 spiro atoms. The number of nitrogens with one attached hydrogen (secondary N) is 1. The van der Waals surface area contributed by atoms with Crippen molar-refractivity contribution in [2.75, 3.05) is 18.9 Å². The van der Waals surface area contributed by atoms with E-state index in [0.29, 0.717) is 6.61 Å². The van der Waals surface area contributed by atoms with Gasteiger partial charge in [0.15, 0.2) is 0 Å². The Kier molecular flexibility index (Phi) is 6.75. The van der Waals surface area contributed by atoms with E-state index in [1.54, 1.807) is 23.1 Å². The maximum Gasteiger partial charge on any atom is 0.326 e. The number of hydrogen-bond donors (Lipinski definition) is 1. The third kappa shape index (κ3) is 4.63. The molecule has 0 fully saturated rings. The minimum absolute atomic E-state index is 0.154. The molecule has 0 aromatic carbocycles. The highest BCUT2D eigenvalue weighted by Gasteiger charge is 2.33. The van der Waals surface area contributed by atoms with E-state index in [9.17, 15) is 4.79 Å². The highest BCUT2D eigenvalue weighted by atomic mass is 32.2. The van der Waals surface area contributed by atoms with Gasteiger partial charge in [-0.25, -0.2) is 0 Å². The summed E-state index contributed by atoms with van der Waals surface area (Å²) in [4.78, 5) is 12.0. The Labute approximate surface area is 117 Å². The van der Waals surface area contributed by atoms with Gasteiger partial charge in [0.05, 0.1) is 10.8 Å². The van der Waals surface area contributed by atoms with Crippen molar-refractivity contribution in [3.63, 3.8) is 0 Å². The average molecular weight is 287 g/mol. The molecule has 0 saturated heterocycles. The summed E-state index contributed by atoms with van der Waals surface area (Å²) in [6.07, 6.45) is 0.766. The minimum Gasteiger partial charge on any atom is -0.465 e. The lowest BCUT2D eigenvalue weighted by molar-refractivity contribution is -0.150. The van der Waals surface area contributed by atoms with Gasteiger partial charge < -0.3 is 10.1 Å². The van der Waals surface area contributed by atoms with Crippen LogP contribution in [0.2, 0.25) is 0 Å². The van der Waals surface area contributed by atoms with Crippen LogP contribution in [0.1, 0.15) is 27.2 Å². The van der Waals surface area contributed by atoms with Gasteiger partial charge in [-0.3, -0.25) is 4.79 Å². The summed E-state index contributed by atoms with van der Waals surface area (Å²) in [7, 11) is 0. The monoisotopic (exact) mass is 287 g/mol. The van der Waals surface area contributed by atoms with Gasteiger partial charge in [0.25, 0.3) is 0 Å². The largest absolute Gasteiger partial charge is 0.465 e. The fraction of sp³-hybridized carbons (Fsp3) is 0.615. The molecule has 0 aliphatic rings. The zero-order valence-electron chi connectivity index (χ0n) is 11.2. The van der Waals surface area contributed by atoms with Crippen molar-refractivity contribution in [2.24, 2.45) is 0 Å². The van der Waals surface area contributed by atoms with Crippen LogP contribution in [-0.2, 0) is 9.53 Å². The number of rotatable bonds is 8. The molecule has 102 valence electrons. The molecule has 1 unspecified atom stereocenters. The van der Waals surface area contributed by atoms with Crippen molar-refractivity contribution in [2.45, 2.75) is 36.9 Å². The van der Waals surface area contributed by atoms with E-state index in [1.165, 1.54) is 4.21 Å². The smallest absolute Gasteiger partial charge is 0.326 e. The number of likely N-dealkylation sites (N-methyl/N-ethyl adjacent to an activating group) is 1. The lowest BCUT2D eigenvalue weighted by Gasteiger charge is -2.27. The first-order valence-electron chi connectivity index (χ1n) is 6.21. The van der Waals surface area contributed by atoms with E-state index >= 15 is 0 Å². The Morgan fingerprint density at radius 3 is 2.89 bits per heavy atom. The lowest BCUT2D eigenvalue weighted by Crippen LogP contribution is -2.50. The predicted octanol–water partition coefficient (Wildman–Crippen LogP) is 3.16. The van der Waals surface area contributed by atoms with Gasteiger partial charge in [-0.2, -0.15) is 0 Å². The summed E-state index contributed by atoms with van der Waals surface area (Å²) in [5.41, 5.74) is -0.574. The number of hydrogen-bond acceptors (Lipinski definition) is 5. The van der Waals surface area contributed by atoms with Gasteiger partial charge in [-0.05, 0) is 38.3 Å². The Morgan fingerprint density at radius 2 is 2.33 bits per heavy atom. The topological polar surface area (TPSA) is 38.3 Å². The molecule has 18 heavy (non-hydrogen) atoms. The van der Waals surface area contributed by atoms with Gasteiger partial charge in [0.2, 0.25) is 0 Å². The molecule has 0 bridgehead atoms. The SMILES string of the molecule is CCNC(C)(CCSc1cccs1)C(=O)OCC. The van der Waals surface area contributed by atoms with Crippen molar-refractivity contribution in [3.05, 3.63) is 17.5 Å². The molecule has 1 heterocycles. The molecule has 5 heteroatoms. The summed E-state index contributed by atoms with van der Waals surface area (Å²) < 4.78 is 6.43. The number of ether oxygens (including phenoxy) is 1. The summed E-state index contributed by atoms with van der Waals surface area (Å²) in [6.45, 7) is 6.95. The van der Waals surface area contributed by atoms with Crippen LogP contribution in [0.5, 0.6) is 0 Å². The highest BCUT2D eigenvalue weighted by molar-refractivity contribution is 8.01. The zero-order chi connectivity index (χ0) is 13.4. The second-order valence-electron chi connectivity index (χ2n) is 4.11. The Hall–Kier alpha value is -0.520. The second kappa shape index (κ2) is 7.81. The standard InChI is InChI=1S/C13H21NO2S2/c1-4-14-13(3,12(15)16-5-2)8-10-18-11-7-6-9-17-11/h6-7,9,14H,4-5,8,10H2,1-3H3. The average Bonchev–Trinajstić information content (AvgIpc) is 2.83. The molecule has 1 atom stereocenters. The van der Waals surface area contributed by atoms with Crippen LogP contribution in [0.3, 0.4) is 0 Å². The van der Waals surface area contributed by atoms with Gasteiger partial charge in [-0.15, -0.1) is 23.1 Å². The predicted molar refractivity (Wildman–Crippen MR) is 78.4 cm³/mol. The number of carbonyl (C=O) groups is 1. The Balaban J connectivity index is 2.48. The molecular formula is C13H21NO2S2. The summed E-state index contributed by atoms with van der Waals surface area (Å²) in [5, 5.41) is 5.31. The van der Waals surface area contributed by atoms with E-state index in [-0.39, 0.29) is 5.97 Å².